The lowest BCUT2D eigenvalue weighted by Gasteiger charge is -1.94. The van der Waals surface area contributed by atoms with Crippen LogP contribution in [0, 0.1) is 0 Å². The molecule has 0 atom stereocenters. The monoisotopic (exact) mass is 210 g/mol. The second-order valence-electron chi connectivity index (χ2n) is 3.08. The number of sulfone groups is 1. The van der Waals surface area contributed by atoms with Crippen LogP contribution < -0.4 is 0 Å². The molecule has 0 heterocycles. The highest BCUT2D eigenvalue weighted by Gasteiger charge is 2.02. The van der Waals surface area contributed by atoms with Crippen molar-refractivity contribution in [2.45, 2.75) is 13.3 Å². The highest BCUT2D eigenvalue weighted by Crippen LogP contribution is 2.04. The molecule has 76 valence electrons. The van der Waals surface area contributed by atoms with E-state index in [9.17, 15) is 8.42 Å². The molecule has 3 heteroatoms. The molecule has 0 saturated carbocycles. The van der Waals surface area contributed by atoms with Crippen molar-refractivity contribution in [2.24, 2.45) is 0 Å². The Morgan fingerprint density at radius 1 is 1.21 bits per heavy atom. The Kier molecular flexibility index (Phi) is 3.89. The predicted molar refractivity (Wildman–Crippen MR) is 59.6 cm³/mol. The third kappa shape index (κ3) is 3.75. The maximum absolute atomic E-state index is 11.3. The molecule has 0 N–H and O–H groups in total. The molecular weight excluding hydrogens is 196 g/mol. The summed E-state index contributed by atoms with van der Waals surface area (Å²) in [4.78, 5) is 0. The number of benzene rings is 1. The van der Waals surface area contributed by atoms with Crippen LogP contribution in [0.1, 0.15) is 18.9 Å². The Hall–Kier alpha value is -1.09. The first-order valence-corrected chi connectivity index (χ1v) is 6.31. The van der Waals surface area contributed by atoms with Gasteiger partial charge in [-0.2, -0.15) is 0 Å². The molecular formula is C11H14O2S. The van der Waals surface area contributed by atoms with Crippen LogP contribution >= 0.6 is 0 Å². The van der Waals surface area contributed by atoms with Gasteiger partial charge in [-0.3, -0.25) is 0 Å². The Balaban J connectivity index is 2.74. The Morgan fingerprint density at radius 2 is 1.86 bits per heavy atom. The molecule has 0 unspecified atom stereocenters. The zero-order valence-corrected chi connectivity index (χ0v) is 9.00. The Labute approximate surface area is 85.2 Å². The number of hydrogen-bond acceptors (Lipinski definition) is 2. The van der Waals surface area contributed by atoms with Crippen molar-refractivity contribution in [3.05, 3.63) is 41.3 Å². The van der Waals surface area contributed by atoms with Crippen molar-refractivity contribution in [1.29, 1.82) is 0 Å². The van der Waals surface area contributed by atoms with E-state index in [-0.39, 0.29) is 5.75 Å². The van der Waals surface area contributed by atoms with Gasteiger partial charge < -0.3 is 0 Å². The average molecular weight is 210 g/mol. The fourth-order valence-corrected chi connectivity index (χ4v) is 2.17. The quantitative estimate of drug-likeness (QED) is 0.765. The summed E-state index contributed by atoms with van der Waals surface area (Å²) in [7, 11) is -3.01. The third-order valence-corrected chi connectivity index (χ3v) is 3.28. The second kappa shape index (κ2) is 4.96. The van der Waals surface area contributed by atoms with Crippen LogP contribution in [-0.2, 0) is 9.84 Å². The molecule has 0 amide bonds. The molecule has 0 aliphatic carbocycles. The molecule has 0 radical (unpaired) electrons. The zero-order valence-electron chi connectivity index (χ0n) is 8.18. The number of hydrogen-bond donors (Lipinski definition) is 0. The van der Waals surface area contributed by atoms with E-state index in [1.54, 1.807) is 6.08 Å². The second-order valence-corrected chi connectivity index (χ2v) is 5.09. The van der Waals surface area contributed by atoms with E-state index in [2.05, 4.69) is 0 Å². The standard InChI is InChI=1S/C11H14O2S/c1-2-9-14(12,13)10-8-11-6-4-3-5-7-11/h3-8,10H,2,9H2,1H3. The fraction of sp³-hybridized carbons (Fsp3) is 0.273. The first kappa shape index (κ1) is 11.0. The van der Waals surface area contributed by atoms with E-state index in [0.717, 1.165) is 5.56 Å². The zero-order chi connectivity index (χ0) is 10.4. The lowest BCUT2D eigenvalue weighted by atomic mass is 10.2. The van der Waals surface area contributed by atoms with Gasteiger partial charge in [-0.05, 0) is 18.1 Å². The molecule has 0 aromatic heterocycles. The summed E-state index contributed by atoms with van der Waals surface area (Å²) in [5, 5.41) is 1.28. The van der Waals surface area contributed by atoms with E-state index in [4.69, 9.17) is 0 Å². The van der Waals surface area contributed by atoms with Crippen molar-refractivity contribution in [2.75, 3.05) is 5.75 Å². The molecule has 0 bridgehead atoms. The summed E-state index contributed by atoms with van der Waals surface area (Å²) in [5.74, 6) is 0.219. The van der Waals surface area contributed by atoms with Gasteiger partial charge in [0.2, 0.25) is 0 Å². The minimum atomic E-state index is -3.01. The molecule has 0 spiro atoms. The molecule has 1 aromatic carbocycles. The van der Waals surface area contributed by atoms with Crippen molar-refractivity contribution in [3.63, 3.8) is 0 Å². The van der Waals surface area contributed by atoms with E-state index in [1.807, 2.05) is 37.3 Å². The first-order chi connectivity index (χ1) is 6.64. The smallest absolute Gasteiger partial charge is 0.171 e. The maximum atomic E-state index is 11.3. The Morgan fingerprint density at radius 3 is 2.43 bits per heavy atom. The minimum Gasteiger partial charge on any atom is -0.224 e. The van der Waals surface area contributed by atoms with Crippen LogP contribution in [0.25, 0.3) is 6.08 Å². The fourth-order valence-electron chi connectivity index (χ4n) is 1.10. The van der Waals surface area contributed by atoms with Gasteiger partial charge in [0.1, 0.15) is 0 Å². The van der Waals surface area contributed by atoms with Crippen LogP contribution in [0.15, 0.2) is 35.7 Å². The van der Waals surface area contributed by atoms with Crippen molar-refractivity contribution < 1.29 is 8.42 Å². The number of rotatable bonds is 4. The molecule has 14 heavy (non-hydrogen) atoms. The average Bonchev–Trinajstić information content (AvgIpc) is 2.17. The summed E-state index contributed by atoms with van der Waals surface area (Å²) in [6, 6.07) is 9.41. The van der Waals surface area contributed by atoms with Crippen molar-refractivity contribution >= 4 is 15.9 Å². The van der Waals surface area contributed by atoms with E-state index < -0.39 is 9.84 Å². The van der Waals surface area contributed by atoms with Gasteiger partial charge >= 0.3 is 0 Å². The lowest BCUT2D eigenvalue weighted by Crippen LogP contribution is -1.99. The van der Waals surface area contributed by atoms with Gasteiger partial charge in [0.05, 0.1) is 5.75 Å². The van der Waals surface area contributed by atoms with Crippen LogP contribution in [0.4, 0.5) is 0 Å². The summed E-state index contributed by atoms with van der Waals surface area (Å²) < 4.78 is 22.6. The highest BCUT2D eigenvalue weighted by atomic mass is 32.2. The summed E-state index contributed by atoms with van der Waals surface area (Å²) in [6.07, 6.45) is 2.28. The summed E-state index contributed by atoms with van der Waals surface area (Å²) >= 11 is 0. The van der Waals surface area contributed by atoms with Gasteiger partial charge in [0.15, 0.2) is 9.84 Å². The summed E-state index contributed by atoms with van der Waals surface area (Å²) in [6.45, 7) is 1.86. The van der Waals surface area contributed by atoms with Crippen molar-refractivity contribution in [3.8, 4) is 0 Å². The molecule has 2 nitrogen and oxygen atoms in total. The topological polar surface area (TPSA) is 34.1 Å². The predicted octanol–water partition coefficient (Wildman–Crippen LogP) is 2.48. The van der Waals surface area contributed by atoms with Crippen LogP contribution in [0.3, 0.4) is 0 Å². The molecule has 0 fully saturated rings. The molecule has 0 saturated heterocycles. The minimum absolute atomic E-state index is 0.219. The molecule has 1 rings (SSSR count). The normalized spacial score (nSPS) is 12.1. The van der Waals surface area contributed by atoms with Gasteiger partial charge in [-0.1, -0.05) is 37.3 Å². The van der Waals surface area contributed by atoms with Gasteiger partial charge in [-0.25, -0.2) is 8.42 Å². The van der Waals surface area contributed by atoms with E-state index >= 15 is 0 Å². The van der Waals surface area contributed by atoms with Crippen LogP contribution in [-0.4, -0.2) is 14.2 Å². The molecule has 1 aromatic rings. The van der Waals surface area contributed by atoms with E-state index in [0.29, 0.717) is 6.42 Å². The van der Waals surface area contributed by atoms with Crippen molar-refractivity contribution in [1.82, 2.24) is 0 Å². The summed E-state index contributed by atoms with van der Waals surface area (Å²) in [5.41, 5.74) is 0.909. The largest absolute Gasteiger partial charge is 0.224 e. The SMILES string of the molecule is CCCS(=O)(=O)C=Cc1ccccc1. The molecule has 0 aliphatic rings. The van der Waals surface area contributed by atoms with Gasteiger partial charge in [0, 0.05) is 5.41 Å². The first-order valence-electron chi connectivity index (χ1n) is 4.60. The van der Waals surface area contributed by atoms with E-state index in [1.165, 1.54) is 5.41 Å². The lowest BCUT2D eigenvalue weighted by molar-refractivity contribution is 0.603. The van der Waals surface area contributed by atoms with Crippen LogP contribution in [0.5, 0.6) is 0 Å². The molecule has 0 aliphatic heterocycles. The van der Waals surface area contributed by atoms with Crippen LogP contribution in [0.2, 0.25) is 0 Å². The third-order valence-electron chi connectivity index (χ3n) is 1.76. The highest BCUT2D eigenvalue weighted by molar-refractivity contribution is 7.94. The Bertz CT molecular complexity index is 391. The van der Waals surface area contributed by atoms with Gasteiger partial charge in [-0.15, -0.1) is 0 Å². The van der Waals surface area contributed by atoms with Gasteiger partial charge in [0.25, 0.3) is 0 Å². The maximum Gasteiger partial charge on any atom is 0.171 e.